The second kappa shape index (κ2) is 7.75. The molecule has 150 valence electrons. The molecule has 3 aromatic rings. The number of benzene rings is 1. The third-order valence-corrected chi connectivity index (χ3v) is 4.66. The largest absolute Gasteiger partial charge is 0.494 e. The number of nitrogens with zero attached hydrogens (tertiary/aromatic N) is 4. The van der Waals surface area contributed by atoms with Crippen LogP contribution < -0.4 is 10.5 Å². The second-order valence-corrected chi connectivity index (χ2v) is 6.63. The number of nitrogen functional groups attached to an aromatic ring is 1. The molecule has 7 nitrogen and oxygen atoms in total. The van der Waals surface area contributed by atoms with Crippen LogP contribution in [0.4, 0.5) is 14.7 Å². The summed E-state index contributed by atoms with van der Waals surface area (Å²) in [7, 11) is 0. The van der Waals surface area contributed by atoms with Crippen molar-refractivity contribution in [3.05, 3.63) is 40.6 Å². The number of ether oxygens (including phenoxy) is 1. The van der Waals surface area contributed by atoms with E-state index in [1.54, 1.807) is 11.6 Å². The van der Waals surface area contributed by atoms with Crippen molar-refractivity contribution in [3.63, 3.8) is 0 Å². The Labute approximate surface area is 166 Å². The third-order valence-electron chi connectivity index (χ3n) is 4.66. The van der Waals surface area contributed by atoms with Gasteiger partial charge in [-0.1, -0.05) is 0 Å². The maximum atomic E-state index is 14.5. The summed E-state index contributed by atoms with van der Waals surface area (Å²) in [6.45, 7) is 4.01. The molecular formula is C18H21ClF2N6O. The van der Waals surface area contributed by atoms with Gasteiger partial charge in [0.05, 0.1) is 13.2 Å². The lowest BCUT2D eigenvalue weighted by atomic mass is 10.1. The predicted octanol–water partition coefficient (Wildman–Crippen LogP) is 3.58. The van der Waals surface area contributed by atoms with Crippen LogP contribution >= 0.6 is 12.4 Å². The minimum Gasteiger partial charge on any atom is -0.494 e. The number of aromatic amines is 1. The first-order valence-corrected chi connectivity index (χ1v) is 8.84. The molecule has 3 N–H and O–H groups in total. The Morgan fingerprint density at radius 1 is 1.29 bits per heavy atom. The first kappa shape index (κ1) is 20.1. The minimum atomic E-state index is -0.654. The number of anilines is 1. The van der Waals surface area contributed by atoms with E-state index in [2.05, 4.69) is 20.3 Å². The van der Waals surface area contributed by atoms with E-state index in [1.165, 1.54) is 12.1 Å². The standard InChI is InChI=1S/C18H20F2N6O.ClH/c1-3-27-11-6-13(19)12(14(20)7-11)8-26-16(10-4-5-10)9(2)15(25-26)17-22-18(21)24-23-17;/h6-7,10H,3-5,8H2,1-2H3,(H3,21,22,23,24);1H. The molecule has 0 amide bonds. The summed E-state index contributed by atoms with van der Waals surface area (Å²) in [5.74, 6) is -0.236. The summed E-state index contributed by atoms with van der Waals surface area (Å²) in [4.78, 5) is 4.12. The van der Waals surface area contributed by atoms with E-state index in [0.717, 1.165) is 24.1 Å². The van der Waals surface area contributed by atoms with E-state index in [-0.39, 0.29) is 36.2 Å². The zero-order valence-electron chi connectivity index (χ0n) is 15.5. The van der Waals surface area contributed by atoms with E-state index in [4.69, 9.17) is 10.5 Å². The monoisotopic (exact) mass is 410 g/mol. The van der Waals surface area contributed by atoms with E-state index >= 15 is 0 Å². The highest BCUT2D eigenvalue weighted by molar-refractivity contribution is 5.85. The molecule has 1 saturated carbocycles. The minimum absolute atomic E-state index is 0. The number of rotatable bonds is 6. The molecule has 1 aliphatic carbocycles. The normalized spacial score (nSPS) is 13.4. The van der Waals surface area contributed by atoms with Crippen LogP contribution in [0.2, 0.25) is 0 Å². The summed E-state index contributed by atoms with van der Waals surface area (Å²) in [6, 6.07) is 2.40. The van der Waals surface area contributed by atoms with Gasteiger partial charge in [-0.15, -0.1) is 17.5 Å². The maximum absolute atomic E-state index is 14.5. The van der Waals surface area contributed by atoms with Gasteiger partial charge in [0.15, 0.2) is 5.82 Å². The molecule has 2 heterocycles. The molecule has 0 saturated heterocycles. The summed E-state index contributed by atoms with van der Waals surface area (Å²) in [5, 5.41) is 11.1. The van der Waals surface area contributed by atoms with Crippen LogP contribution in [0.1, 0.15) is 42.5 Å². The van der Waals surface area contributed by atoms with Crippen LogP contribution in [0.15, 0.2) is 12.1 Å². The fraction of sp³-hybridized carbons (Fsp3) is 0.389. The summed E-state index contributed by atoms with van der Waals surface area (Å²) >= 11 is 0. The zero-order chi connectivity index (χ0) is 19.1. The molecule has 0 bridgehead atoms. The number of halogens is 3. The van der Waals surface area contributed by atoms with Crippen molar-refractivity contribution in [2.75, 3.05) is 12.3 Å². The van der Waals surface area contributed by atoms with Crippen molar-refractivity contribution >= 4 is 18.4 Å². The highest BCUT2D eigenvalue weighted by atomic mass is 35.5. The molecule has 1 fully saturated rings. The van der Waals surface area contributed by atoms with Crippen molar-refractivity contribution in [2.24, 2.45) is 0 Å². The molecule has 1 aliphatic rings. The Hall–Kier alpha value is -2.68. The van der Waals surface area contributed by atoms with E-state index in [9.17, 15) is 8.78 Å². The summed E-state index contributed by atoms with van der Waals surface area (Å²) in [6.07, 6.45) is 2.05. The Bertz CT molecular complexity index is 975. The van der Waals surface area contributed by atoms with Crippen LogP contribution in [0.5, 0.6) is 5.75 Å². The highest BCUT2D eigenvalue weighted by Crippen LogP contribution is 2.43. The van der Waals surface area contributed by atoms with Gasteiger partial charge in [-0.2, -0.15) is 10.1 Å². The Morgan fingerprint density at radius 3 is 2.50 bits per heavy atom. The number of aromatic nitrogens is 5. The fourth-order valence-electron chi connectivity index (χ4n) is 3.29. The van der Waals surface area contributed by atoms with Crippen LogP contribution in [0.25, 0.3) is 11.5 Å². The number of nitrogens with one attached hydrogen (secondary N) is 1. The lowest BCUT2D eigenvalue weighted by molar-refractivity contribution is 0.335. The topological polar surface area (TPSA) is 94.6 Å². The second-order valence-electron chi connectivity index (χ2n) is 6.63. The van der Waals surface area contributed by atoms with Gasteiger partial charge < -0.3 is 10.5 Å². The highest BCUT2D eigenvalue weighted by Gasteiger charge is 2.32. The Kier molecular flexibility index (Phi) is 5.55. The van der Waals surface area contributed by atoms with Crippen LogP contribution in [-0.4, -0.2) is 31.6 Å². The number of hydrogen-bond acceptors (Lipinski definition) is 5. The fourth-order valence-corrected chi connectivity index (χ4v) is 3.29. The SMILES string of the molecule is CCOc1cc(F)c(Cn2nc(-c3nc(N)n[nH]3)c(C)c2C2CC2)c(F)c1.Cl. The first-order valence-electron chi connectivity index (χ1n) is 8.84. The van der Waals surface area contributed by atoms with Gasteiger partial charge in [0.1, 0.15) is 23.1 Å². The van der Waals surface area contributed by atoms with Crippen molar-refractivity contribution in [2.45, 2.75) is 39.2 Å². The Balaban J connectivity index is 0.00000225. The van der Waals surface area contributed by atoms with Gasteiger partial charge in [0.25, 0.3) is 0 Å². The van der Waals surface area contributed by atoms with E-state index < -0.39 is 11.6 Å². The van der Waals surface area contributed by atoms with Crippen molar-refractivity contribution in [1.82, 2.24) is 25.0 Å². The number of hydrogen-bond donors (Lipinski definition) is 2. The van der Waals surface area contributed by atoms with Crippen molar-refractivity contribution in [3.8, 4) is 17.3 Å². The molecule has 28 heavy (non-hydrogen) atoms. The molecule has 1 aromatic carbocycles. The quantitative estimate of drug-likeness (QED) is 0.647. The van der Waals surface area contributed by atoms with Gasteiger partial charge in [-0.05, 0) is 26.7 Å². The van der Waals surface area contributed by atoms with Crippen LogP contribution in [0, 0.1) is 18.6 Å². The number of H-pyrrole nitrogens is 1. The average Bonchev–Trinajstić information content (AvgIpc) is 3.27. The van der Waals surface area contributed by atoms with Crippen molar-refractivity contribution in [1.29, 1.82) is 0 Å². The average molecular weight is 411 g/mol. The molecule has 0 aliphatic heterocycles. The van der Waals surface area contributed by atoms with Gasteiger partial charge in [0.2, 0.25) is 5.95 Å². The van der Waals surface area contributed by atoms with Crippen LogP contribution in [-0.2, 0) is 6.54 Å². The van der Waals surface area contributed by atoms with Gasteiger partial charge in [0, 0.05) is 34.9 Å². The van der Waals surface area contributed by atoms with Gasteiger partial charge in [-0.3, -0.25) is 9.78 Å². The third kappa shape index (κ3) is 3.66. The van der Waals surface area contributed by atoms with E-state index in [1.807, 2.05) is 6.92 Å². The Morgan fingerprint density at radius 2 is 1.96 bits per heavy atom. The van der Waals surface area contributed by atoms with Gasteiger partial charge in [-0.25, -0.2) is 8.78 Å². The summed E-state index contributed by atoms with van der Waals surface area (Å²) < 4.78 is 35.8. The lowest BCUT2D eigenvalue weighted by Gasteiger charge is -2.11. The van der Waals surface area contributed by atoms with E-state index in [0.29, 0.717) is 24.0 Å². The molecule has 0 radical (unpaired) electrons. The molecule has 10 heteroatoms. The molecule has 2 aromatic heterocycles. The van der Waals surface area contributed by atoms with Crippen LogP contribution in [0.3, 0.4) is 0 Å². The smallest absolute Gasteiger partial charge is 0.239 e. The van der Waals surface area contributed by atoms with Crippen molar-refractivity contribution < 1.29 is 13.5 Å². The molecule has 4 rings (SSSR count). The maximum Gasteiger partial charge on any atom is 0.239 e. The number of nitrogens with two attached hydrogens (primary N) is 1. The molecule has 0 unspecified atom stereocenters. The molecule has 0 atom stereocenters. The lowest BCUT2D eigenvalue weighted by Crippen LogP contribution is -2.10. The first-order chi connectivity index (χ1) is 13.0. The zero-order valence-corrected chi connectivity index (χ0v) is 16.3. The van der Waals surface area contributed by atoms with Gasteiger partial charge >= 0.3 is 0 Å². The summed E-state index contributed by atoms with van der Waals surface area (Å²) in [5.41, 5.74) is 8.01. The molecular weight excluding hydrogens is 390 g/mol. The predicted molar refractivity (Wildman–Crippen MR) is 103 cm³/mol. The molecule has 0 spiro atoms.